The predicted octanol–water partition coefficient (Wildman–Crippen LogP) is 8.68. The van der Waals surface area contributed by atoms with Crippen LogP contribution in [0.25, 0.3) is 21.8 Å². The van der Waals surface area contributed by atoms with E-state index in [2.05, 4.69) is 51.4 Å². The molecule has 2 aliphatic heterocycles. The van der Waals surface area contributed by atoms with Gasteiger partial charge in [0.25, 0.3) is 0 Å². The number of halogens is 2. The van der Waals surface area contributed by atoms with Crippen LogP contribution in [0, 0.1) is 0 Å². The van der Waals surface area contributed by atoms with Gasteiger partial charge in [-0.2, -0.15) is 0 Å². The molecule has 260 valence electrons. The van der Waals surface area contributed by atoms with Crippen molar-refractivity contribution in [1.29, 1.82) is 0 Å². The zero-order valence-corrected chi connectivity index (χ0v) is 29.2. The topological polar surface area (TPSA) is 63.9 Å². The van der Waals surface area contributed by atoms with Crippen LogP contribution in [0.4, 0.5) is 8.78 Å². The Labute approximate surface area is 288 Å². The quantitative estimate of drug-likeness (QED) is 0.0975. The van der Waals surface area contributed by atoms with Crippen LogP contribution in [0.15, 0.2) is 65.1 Å². The predicted molar refractivity (Wildman–Crippen MR) is 190 cm³/mol. The molecule has 2 unspecified atom stereocenters. The van der Waals surface area contributed by atoms with E-state index in [-0.39, 0.29) is 13.3 Å². The number of likely N-dealkylation sites (N-methyl/N-ethyl adjacent to an activating group) is 2. The van der Waals surface area contributed by atoms with Gasteiger partial charge in [0.1, 0.15) is 30.5 Å². The number of thiophene rings is 1. The lowest BCUT2D eigenvalue weighted by molar-refractivity contribution is 0.0767. The first-order valence-electron chi connectivity index (χ1n) is 17.4. The van der Waals surface area contributed by atoms with E-state index in [0.29, 0.717) is 31.5 Å². The van der Waals surface area contributed by atoms with Crippen LogP contribution in [0.3, 0.4) is 0 Å². The van der Waals surface area contributed by atoms with Crippen LogP contribution in [-0.2, 0) is 12.8 Å². The lowest BCUT2D eigenvalue weighted by Crippen LogP contribution is -2.48. The molecule has 6 heterocycles. The van der Waals surface area contributed by atoms with Crippen LogP contribution in [0.5, 0.6) is 11.5 Å². The number of alkyl halides is 2. The molecule has 0 amide bonds. The minimum Gasteiger partial charge on any atom is -0.490 e. The number of aromatic nitrogens is 2. The highest BCUT2D eigenvalue weighted by molar-refractivity contribution is 7.13. The molecule has 0 aromatic carbocycles. The Morgan fingerprint density at radius 3 is 1.88 bits per heavy atom. The maximum Gasteiger partial charge on any atom is 0.138 e. The van der Waals surface area contributed by atoms with Crippen LogP contribution >= 0.6 is 11.3 Å². The van der Waals surface area contributed by atoms with Crippen molar-refractivity contribution in [3.8, 4) is 33.3 Å². The van der Waals surface area contributed by atoms with Gasteiger partial charge in [-0.3, -0.25) is 28.5 Å². The average Bonchev–Trinajstić information content (AvgIpc) is 3.78. The van der Waals surface area contributed by atoms with E-state index < -0.39 is 0 Å². The Morgan fingerprint density at radius 2 is 1.31 bits per heavy atom. The maximum atomic E-state index is 12.1. The summed E-state index contributed by atoms with van der Waals surface area (Å²) >= 11 is 1.74. The second-order valence-corrected chi connectivity index (χ2v) is 13.8. The number of hydrogen-bond acceptors (Lipinski definition) is 8. The Balaban J connectivity index is 0.000000188. The Bertz CT molecular complexity index is 1400. The molecule has 7 nitrogen and oxygen atoms in total. The van der Waals surface area contributed by atoms with Gasteiger partial charge in [0.2, 0.25) is 0 Å². The minimum atomic E-state index is -0.230. The summed E-state index contributed by atoms with van der Waals surface area (Å²) < 4.78 is 41.7. The van der Waals surface area contributed by atoms with E-state index in [0.717, 1.165) is 92.2 Å². The van der Waals surface area contributed by atoms with Crippen molar-refractivity contribution in [3.63, 3.8) is 0 Å². The molecule has 0 N–H and O–H groups in total. The first kappa shape index (κ1) is 36.0. The zero-order chi connectivity index (χ0) is 33.6. The van der Waals surface area contributed by atoms with Crippen molar-refractivity contribution in [2.24, 2.45) is 0 Å². The number of rotatable bonds is 18. The molecular formula is C38H50F2N4O3S. The van der Waals surface area contributed by atoms with Crippen LogP contribution in [0.2, 0.25) is 0 Å². The van der Waals surface area contributed by atoms with E-state index in [1.54, 1.807) is 36.2 Å². The van der Waals surface area contributed by atoms with Gasteiger partial charge in [-0.05, 0) is 119 Å². The van der Waals surface area contributed by atoms with Crippen molar-refractivity contribution >= 4 is 11.3 Å². The van der Waals surface area contributed by atoms with Crippen molar-refractivity contribution in [1.82, 2.24) is 19.8 Å². The molecule has 6 rings (SSSR count). The summed E-state index contributed by atoms with van der Waals surface area (Å²) in [5, 5.41) is 2.20. The summed E-state index contributed by atoms with van der Waals surface area (Å²) in [4.78, 5) is 14.4. The van der Waals surface area contributed by atoms with Gasteiger partial charge in [0, 0.05) is 40.5 Å². The fourth-order valence-electron chi connectivity index (χ4n) is 5.73. The first-order valence-corrected chi connectivity index (χ1v) is 18.2. The van der Waals surface area contributed by atoms with Gasteiger partial charge in [0.05, 0.1) is 32.0 Å². The molecule has 0 spiro atoms. The van der Waals surface area contributed by atoms with E-state index in [4.69, 9.17) is 13.9 Å². The third-order valence-corrected chi connectivity index (χ3v) is 10.3. The number of unbranched alkanes of at least 4 members (excludes halogenated alkanes) is 4. The summed E-state index contributed by atoms with van der Waals surface area (Å²) in [5.41, 5.74) is 4.50. The molecule has 2 fully saturated rings. The molecule has 0 radical (unpaired) electrons. The number of ether oxygens (including phenoxy) is 2. The van der Waals surface area contributed by atoms with Gasteiger partial charge in [-0.15, -0.1) is 11.3 Å². The standard InChI is InChI=1S/C19H25FN2O2.C19H25FN2OS/c1-22-8-6-17(22)14-23-18-10-16(11-21-12-18)19-9-15(13-24-19)5-3-2-4-7-20;1-22-8-6-17(22)13-23-18-10-16(11-21-12-18)19-9-15(14-24-19)5-3-2-4-7-20/h9-13,17H,2-8,14H2,1H3;9-12,14,17H,2-8,13H2,1H3. The van der Waals surface area contributed by atoms with Gasteiger partial charge in [0.15, 0.2) is 0 Å². The summed E-state index contributed by atoms with van der Waals surface area (Å²) in [7, 11) is 4.25. The number of hydrogen-bond donors (Lipinski definition) is 0. The van der Waals surface area contributed by atoms with E-state index in [1.165, 1.54) is 23.3 Å². The van der Waals surface area contributed by atoms with Crippen LogP contribution in [-0.4, -0.2) is 85.6 Å². The molecule has 48 heavy (non-hydrogen) atoms. The number of furan rings is 1. The molecular weight excluding hydrogens is 631 g/mol. The van der Waals surface area contributed by atoms with Gasteiger partial charge in [-0.25, -0.2) is 0 Å². The van der Waals surface area contributed by atoms with Crippen LogP contribution < -0.4 is 9.47 Å². The number of aryl methyl sites for hydroxylation is 2. The largest absolute Gasteiger partial charge is 0.490 e. The third-order valence-electron chi connectivity index (χ3n) is 9.26. The zero-order valence-electron chi connectivity index (χ0n) is 28.4. The summed E-state index contributed by atoms with van der Waals surface area (Å²) in [6.45, 7) is 3.30. The van der Waals surface area contributed by atoms with E-state index in [9.17, 15) is 8.78 Å². The average molecular weight is 681 g/mol. The third kappa shape index (κ3) is 10.8. The van der Waals surface area contributed by atoms with Crippen molar-refractivity contribution in [3.05, 3.63) is 71.8 Å². The minimum absolute atomic E-state index is 0.204. The highest BCUT2D eigenvalue weighted by Gasteiger charge is 2.25. The summed E-state index contributed by atoms with van der Waals surface area (Å²) in [5.74, 6) is 2.41. The van der Waals surface area contributed by atoms with E-state index >= 15 is 0 Å². The summed E-state index contributed by atoms with van der Waals surface area (Å²) in [6.07, 6.45) is 18.5. The molecule has 0 aliphatic carbocycles. The number of nitrogens with zero attached hydrogens (tertiary/aromatic N) is 4. The van der Waals surface area contributed by atoms with Crippen molar-refractivity contribution in [2.75, 3.05) is 53.7 Å². The Morgan fingerprint density at radius 1 is 0.729 bits per heavy atom. The maximum absolute atomic E-state index is 12.1. The van der Waals surface area contributed by atoms with Gasteiger partial charge < -0.3 is 13.9 Å². The fraction of sp³-hybridized carbons (Fsp3) is 0.526. The molecule has 4 aromatic heterocycles. The highest BCUT2D eigenvalue weighted by Crippen LogP contribution is 2.30. The van der Waals surface area contributed by atoms with Crippen molar-refractivity contribution in [2.45, 2.75) is 76.3 Å². The monoisotopic (exact) mass is 680 g/mol. The molecule has 2 saturated heterocycles. The van der Waals surface area contributed by atoms with Gasteiger partial charge in [-0.1, -0.05) is 12.8 Å². The normalized spacial score (nSPS) is 17.7. The SMILES string of the molecule is CN1CCC1COc1cncc(-c2cc(CCCCCF)co2)c1.CN1CCC1COc1cncc(-c2cc(CCCCCF)cs2)c1. The highest BCUT2D eigenvalue weighted by atomic mass is 32.1. The molecule has 4 aromatic rings. The second kappa shape index (κ2) is 19.0. The lowest BCUT2D eigenvalue weighted by atomic mass is 10.1. The lowest BCUT2D eigenvalue weighted by Gasteiger charge is -2.37. The fourth-order valence-corrected chi connectivity index (χ4v) is 6.66. The number of likely N-dealkylation sites (tertiary alicyclic amines) is 2. The molecule has 0 bridgehead atoms. The summed E-state index contributed by atoms with van der Waals surface area (Å²) in [6, 6.07) is 9.35. The first-order chi connectivity index (χ1) is 23.5. The van der Waals surface area contributed by atoms with Crippen LogP contribution in [0.1, 0.15) is 62.5 Å². The molecule has 2 aliphatic rings. The number of pyridine rings is 2. The molecule has 2 atom stereocenters. The second-order valence-electron chi connectivity index (χ2n) is 12.9. The van der Waals surface area contributed by atoms with E-state index in [1.807, 2.05) is 18.3 Å². The molecule has 10 heteroatoms. The molecule has 0 saturated carbocycles. The van der Waals surface area contributed by atoms with Crippen molar-refractivity contribution < 1.29 is 22.7 Å². The van der Waals surface area contributed by atoms with Gasteiger partial charge >= 0.3 is 0 Å². The Kier molecular flexibility index (Phi) is 14.2. The smallest absolute Gasteiger partial charge is 0.138 e. The Hall–Kier alpha value is -3.34.